The van der Waals surface area contributed by atoms with Gasteiger partial charge in [-0.2, -0.15) is 5.26 Å². The van der Waals surface area contributed by atoms with Gasteiger partial charge in [0.25, 0.3) is 11.8 Å². The standard InChI is InChI=1S/C37H30F2N4O3/c38-37(39)14-16-43(17-15-37)36(45)27-8-6-26(7-9-27)29-19-30-20-32(12-11-31(44)10-4-24-5-13-34(41)42-23-24)46-35(30)33(21-29)28-3-1-2-25(18-28)22-40/h1-10,13,18-21,23H,11-12,14-17H2,(H2,41,42)/b10-4+. The normalized spacial score (nSPS) is 14.4. The molecule has 0 atom stereocenters. The maximum Gasteiger partial charge on any atom is 0.253 e. The number of alkyl halides is 2. The first-order valence-electron chi connectivity index (χ1n) is 14.9. The summed E-state index contributed by atoms with van der Waals surface area (Å²) in [6.07, 6.45) is 4.80. The first-order chi connectivity index (χ1) is 22.2. The summed E-state index contributed by atoms with van der Waals surface area (Å²) in [5, 5.41) is 10.3. The molecule has 0 aliphatic carbocycles. The maximum absolute atomic E-state index is 13.6. The highest BCUT2D eigenvalue weighted by molar-refractivity contribution is 5.98. The van der Waals surface area contributed by atoms with Gasteiger partial charge in [0.1, 0.15) is 17.2 Å². The van der Waals surface area contributed by atoms with Gasteiger partial charge >= 0.3 is 0 Å². The molecule has 0 bridgehead atoms. The van der Waals surface area contributed by atoms with Gasteiger partial charge in [-0.1, -0.05) is 24.3 Å². The molecule has 2 N–H and O–H groups in total. The van der Waals surface area contributed by atoms with Gasteiger partial charge in [0.2, 0.25) is 0 Å². The maximum atomic E-state index is 13.6. The summed E-state index contributed by atoms with van der Waals surface area (Å²) in [5.41, 5.74) is 11.3. The number of allylic oxidation sites excluding steroid dienone is 1. The Balaban J connectivity index is 1.26. The quantitative estimate of drug-likeness (QED) is 0.179. The Morgan fingerprint density at radius 3 is 2.48 bits per heavy atom. The number of anilines is 1. The minimum atomic E-state index is -2.72. The van der Waals surface area contributed by atoms with Gasteiger partial charge in [0.15, 0.2) is 5.78 Å². The smallest absolute Gasteiger partial charge is 0.253 e. The van der Waals surface area contributed by atoms with Crippen molar-refractivity contribution in [1.82, 2.24) is 9.88 Å². The van der Waals surface area contributed by atoms with Crippen molar-refractivity contribution >= 4 is 34.6 Å². The molecule has 1 amide bonds. The highest BCUT2D eigenvalue weighted by Crippen LogP contribution is 2.37. The van der Waals surface area contributed by atoms with Crippen molar-refractivity contribution in [3.8, 4) is 28.3 Å². The average molecular weight is 617 g/mol. The highest BCUT2D eigenvalue weighted by atomic mass is 19.3. The predicted octanol–water partition coefficient (Wildman–Crippen LogP) is 7.70. The monoisotopic (exact) mass is 616 g/mol. The molecule has 230 valence electrons. The summed E-state index contributed by atoms with van der Waals surface area (Å²) in [6.45, 7) is 0.0558. The molecule has 2 aromatic heterocycles. The number of fused-ring (bicyclic) bond motifs is 1. The van der Waals surface area contributed by atoms with E-state index >= 15 is 0 Å². The molecule has 1 fully saturated rings. The third-order valence-electron chi connectivity index (χ3n) is 8.11. The van der Waals surface area contributed by atoms with E-state index in [1.165, 1.54) is 11.0 Å². The average Bonchev–Trinajstić information content (AvgIpc) is 3.49. The van der Waals surface area contributed by atoms with E-state index in [2.05, 4.69) is 11.1 Å². The number of likely N-dealkylation sites (tertiary alicyclic amines) is 1. The number of hydrogen-bond acceptors (Lipinski definition) is 6. The molecule has 1 aliphatic heterocycles. The molecule has 0 saturated carbocycles. The fourth-order valence-electron chi connectivity index (χ4n) is 5.53. The Morgan fingerprint density at radius 1 is 0.978 bits per heavy atom. The van der Waals surface area contributed by atoms with Crippen LogP contribution in [-0.4, -0.2) is 40.6 Å². The molecule has 0 radical (unpaired) electrons. The summed E-state index contributed by atoms with van der Waals surface area (Å²) in [6, 6.07) is 25.9. The zero-order valence-corrected chi connectivity index (χ0v) is 24.9. The number of nitrogens with zero attached hydrogens (tertiary/aromatic N) is 3. The number of aromatic nitrogens is 1. The molecule has 9 heteroatoms. The number of aryl methyl sites for hydroxylation is 1. The number of nitrogen functional groups attached to an aromatic ring is 1. The van der Waals surface area contributed by atoms with Crippen molar-refractivity contribution < 1.29 is 22.8 Å². The zero-order valence-electron chi connectivity index (χ0n) is 24.9. The molecule has 46 heavy (non-hydrogen) atoms. The summed E-state index contributed by atoms with van der Waals surface area (Å²) in [4.78, 5) is 31.1. The van der Waals surface area contributed by atoms with Crippen molar-refractivity contribution in [1.29, 1.82) is 5.26 Å². The first-order valence-corrected chi connectivity index (χ1v) is 14.9. The molecule has 0 spiro atoms. The van der Waals surface area contributed by atoms with Crippen LogP contribution in [0.5, 0.6) is 0 Å². The van der Waals surface area contributed by atoms with Crippen LogP contribution in [0.15, 0.2) is 95.6 Å². The largest absolute Gasteiger partial charge is 0.460 e. The van der Waals surface area contributed by atoms with E-state index in [-0.39, 0.29) is 44.0 Å². The van der Waals surface area contributed by atoms with Crippen molar-refractivity contribution in [2.24, 2.45) is 0 Å². The Morgan fingerprint density at radius 2 is 1.76 bits per heavy atom. The second-order valence-electron chi connectivity index (χ2n) is 11.4. The van der Waals surface area contributed by atoms with Crippen LogP contribution < -0.4 is 5.73 Å². The molecule has 0 unspecified atom stereocenters. The van der Waals surface area contributed by atoms with Gasteiger partial charge < -0.3 is 15.1 Å². The number of amides is 1. The number of rotatable bonds is 8. The number of nitrogens with two attached hydrogens (primary N) is 1. The molecule has 3 heterocycles. The van der Waals surface area contributed by atoms with Crippen LogP contribution in [0.25, 0.3) is 39.3 Å². The number of carbonyl (C=O) groups excluding carboxylic acids is 2. The predicted molar refractivity (Wildman–Crippen MR) is 173 cm³/mol. The second-order valence-corrected chi connectivity index (χ2v) is 11.4. The second kappa shape index (κ2) is 12.8. The zero-order chi connectivity index (χ0) is 32.3. The summed E-state index contributed by atoms with van der Waals surface area (Å²) >= 11 is 0. The topological polar surface area (TPSA) is 113 Å². The van der Waals surface area contributed by atoms with Gasteiger partial charge in [-0.25, -0.2) is 13.8 Å². The number of nitriles is 1. The number of pyridine rings is 1. The van der Waals surface area contributed by atoms with E-state index in [9.17, 15) is 23.6 Å². The van der Waals surface area contributed by atoms with Gasteiger partial charge in [0.05, 0.1) is 11.6 Å². The molecule has 7 nitrogen and oxygen atoms in total. The number of furan rings is 1. The van der Waals surface area contributed by atoms with Gasteiger partial charge in [-0.3, -0.25) is 9.59 Å². The Kier molecular flexibility index (Phi) is 8.45. The lowest BCUT2D eigenvalue weighted by atomic mass is 9.95. The first kappa shape index (κ1) is 30.4. The Labute approximate surface area is 264 Å². The molecule has 5 aromatic rings. The summed E-state index contributed by atoms with van der Waals surface area (Å²) in [5.74, 6) is -1.99. The van der Waals surface area contributed by atoms with E-state index in [0.29, 0.717) is 34.7 Å². The van der Waals surface area contributed by atoms with Crippen LogP contribution in [0.3, 0.4) is 0 Å². The third-order valence-corrected chi connectivity index (χ3v) is 8.11. The van der Waals surface area contributed by atoms with Crippen molar-refractivity contribution in [3.63, 3.8) is 0 Å². The third kappa shape index (κ3) is 6.87. The van der Waals surface area contributed by atoms with Crippen LogP contribution in [0.2, 0.25) is 0 Å². The molecule has 1 aliphatic rings. The summed E-state index contributed by atoms with van der Waals surface area (Å²) < 4.78 is 33.5. The van der Waals surface area contributed by atoms with Gasteiger partial charge in [-0.15, -0.1) is 0 Å². The summed E-state index contributed by atoms with van der Waals surface area (Å²) in [7, 11) is 0. The number of piperidine rings is 1. The van der Waals surface area contributed by atoms with Crippen LogP contribution in [0, 0.1) is 11.3 Å². The number of carbonyl (C=O) groups is 2. The fourth-order valence-corrected chi connectivity index (χ4v) is 5.53. The molecule has 6 rings (SSSR count). The van der Waals surface area contributed by atoms with Crippen molar-refractivity contribution in [2.75, 3.05) is 18.8 Å². The molecular weight excluding hydrogens is 586 g/mol. The van der Waals surface area contributed by atoms with E-state index in [4.69, 9.17) is 10.2 Å². The molecule has 1 saturated heterocycles. The van der Waals surface area contributed by atoms with E-state index < -0.39 is 5.92 Å². The SMILES string of the molecule is N#Cc1cccc(-c2cc(-c3ccc(C(=O)N4CCC(F)(F)CC4)cc3)cc3cc(CCC(=O)/C=C/c4ccc(N)nc4)oc23)c1. The number of ketones is 1. The van der Waals surface area contributed by atoms with Crippen molar-refractivity contribution in [3.05, 3.63) is 114 Å². The molecule has 3 aromatic carbocycles. The minimum absolute atomic E-state index is 0.0279. The van der Waals surface area contributed by atoms with Gasteiger partial charge in [-0.05, 0) is 89.0 Å². The van der Waals surface area contributed by atoms with Crippen molar-refractivity contribution in [2.45, 2.75) is 31.6 Å². The highest BCUT2D eigenvalue weighted by Gasteiger charge is 2.35. The fraction of sp³-hybridized carbons (Fsp3) is 0.189. The van der Waals surface area contributed by atoms with Crippen LogP contribution in [0.4, 0.5) is 14.6 Å². The van der Waals surface area contributed by atoms with Crippen LogP contribution >= 0.6 is 0 Å². The van der Waals surface area contributed by atoms with E-state index in [1.54, 1.807) is 48.7 Å². The number of benzene rings is 3. The Hall–Kier alpha value is -5.62. The van der Waals surface area contributed by atoms with E-state index in [0.717, 1.165) is 33.2 Å². The number of halogens is 2. The molecular formula is C37H30F2N4O3. The van der Waals surface area contributed by atoms with Crippen LogP contribution in [-0.2, 0) is 11.2 Å². The Bertz CT molecular complexity index is 1980. The van der Waals surface area contributed by atoms with Crippen LogP contribution in [0.1, 0.15) is 46.5 Å². The lowest BCUT2D eigenvalue weighted by molar-refractivity contribution is -0.114. The lowest BCUT2D eigenvalue weighted by Crippen LogP contribution is -2.42. The minimum Gasteiger partial charge on any atom is -0.460 e. The van der Waals surface area contributed by atoms with Gasteiger partial charge in [0, 0.05) is 61.5 Å². The van der Waals surface area contributed by atoms with E-state index in [1.807, 2.05) is 42.5 Å². The lowest BCUT2D eigenvalue weighted by Gasteiger charge is -2.31. The number of hydrogen-bond donors (Lipinski definition) is 1.